The first-order valence-corrected chi connectivity index (χ1v) is 7.21. The molecule has 0 unspecified atom stereocenters. The summed E-state index contributed by atoms with van der Waals surface area (Å²) in [6.07, 6.45) is 4.21. The molecule has 0 spiro atoms. The van der Waals surface area contributed by atoms with Crippen LogP contribution in [0.5, 0.6) is 0 Å². The number of nitrogens with one attached hydrogen (secondary N) is 1. The summed E-state index contributed by atoms with van der Waals surface area (Å²) in [5.74, 6) is 0.554. The molecule has 0 bridgehead atoms. The van der Waals surface area contributed by atoms with E-state index in [2.05, 4.69) is 4.98 Å². The smallest absolute Gasteiger partial charge is 0.227 e. The number of benzene rings is 1. The van der Waals surface area contributed by atoms with Crippen LogP contribution in [0.4, 0.5) is 0 Å². The summed E-state index contributed by atoms with van der Waals surface area (Å²) in [4.78, 5) is 17.5. The van der Waals surface area contributed by atoms with Crippen LogP contribution in [0.2, 0.25) is 0 Å². The van der Waals surface area contributed by atoms with Gasteiger partial charge in [-0.3, -0.25) is 4.79 Å². The number of aromatic amines is 1. The highest BCUT2D eigenvalue weighted by atomic mass is 16.3. The number of rotatable bonds is 3. The lowest BCUT2D eigenvalue weighted by atomic mass is 9.97. The van der Waals surface area contributed by atoms with Gasteiger partial charge >= 0.3 is 0 Å². The molecular weight excluding hydrogens is 252 g/mol. The molecule has 1 fully saturated rings. The summed E-state index contributed by atoms with van der Waals surface area (Å²) >= 11 is 0. The molecular formula is C16H20N2O2. The largest absolute Gasteiger partial charge is 0.396 e. The third-order valence-electron chi connectivity index (χ3n) is 4.24. The second-order valence-electron chi connectivity index (χ2n) is 5.54. The molecule has 1 aliphatic heterocycles. The van der Waals surface area contributed by atoms with E-state index in [1.807, 2.05) is 35.4 Å². The highest BCUT2D eigenvalue weighted by molar-refractivity contribution is 5.88. The molecule has 2 N–H and O–H groups in total. The van der Waals surface area contributed by atoms with Crippen LogP contribution in [0.3, 0.4) is 0 Å². The third-order valence-corrected chi connectivity index (χ3v) is 4.24. The van der Waals surface area contributed by atoms with Crippen molar-refractivity contribution in [2.75, 3.05) is 19.7 Å². The minimum atomic E-state index is 0.186. The van der Waals surface area contributed by atoms with Gasteiger partial charge in [0.05, 0.1) is 6.42 Å². The molecule has 1 aromatic heterocycles. The number of nitrogens with zero attached hydrogens (tertiary/aromatic N) is 1. The van der Waals surface area contributed by atoms with Gasteiger partial charge in [0.1, 0.15) is 0 Å². The maximum absolute atomic E-state index is 12.4. The Kier molecular flexibility index (Phi) is 3.74. The number of aliphatic hydroxyl groups excluding tert-OH is 1. The molecule has 4 nitrogen and oxygen atoms in total. The van der Waals surface area contributed by atoms with Crippen molar-refractivity contribution < 1.29 is 9.90 Å². The third kappa shape index (κ3) is 2.56. The number of hydrogen-bond donors (Lipinski definition) is 2. The Bertz CT molecular complexity index is 597. The lowest BCUT2D eigenvalue weighted by molar-refractivity contribution is -0.132. The molecule has 3 rings (SSSR count). The van der Waals surface area contributed by atoms with Gasteiger partial charge in [0.25, 0.3) is 0 Å². The summed E-state index contributed by atoms with van der Waals surface area (Å²) in [5, 5.41) is 10.3. The van der Waals surface area contributed by atoms with Crippen molar-refractivity contribution in [2.24, 2.45) is 5.92 Å². The highest BCUT2D eigenvalue weighted by Crippen LogP contribution is 2.21. The lowest BCUT2D eigenvalue weighted by Crippen LogP contribution is -2.39. The monoisotopic (exact) mass is 272 g/mol. The Labute approximate surface area is 118 Å². The molecule has 0 aliphatic carbocycles. The van der Waals surface area contributed by atoms with Crippen LogP contribution in [0.25, 0.3) is 10.9 Å². The Hall–Kier alpha value is -1.81. The minimum Gasteiger partial charge on any atom is -0.396 e. The van der Waals surface area contributed by atoms with Crippen molar-refractivity contribution in [3.05, 3.63) is 36.0 Å². The molecule has 4 heteroatoms. The fourth-order valence-corrected chi connectivity index (χ4v) is 2.92. The van der Waals surface area contributed by atoms with Gasteiger partial charge in [-0.15, -0.1) is 0 Å². The van der Waals surface area contributed by atoms with Crippen molar-refractivity contribution in [3.63, 3.8) is 0 Å². The van der Waals surface area contributed by atoms with Crippen molar-refractivity contribution in [2.45, 2.75) is 19.3 Å². The molecule has 0 atom stereocenters. The molecule has 1 saturated heterocycles. The average Bonchev–Trinajstić information content (AvgIpc) is 2.91. The zero-order chi connectivity index (χ0) is 13.9. The Morgan fingerprint density at radius 1 is 1.30 bits per heavy atom. The number of carbonyl (C=O) groups is 1. The van der Waals surface area contributed by atoms with Gasteiger partial charge in [0.2, 0.25) is 5.91 Å². The quantitative estimate of drug-likeness (QED) is 0.897. The van der Waals surface area contributed by atoms with Crippen molar-refractivity contribution in [1.29, 1.82) is 0 Å². The van der Waals surface area contributed by atoms with Crippen molar-refractivity contribution in [3.8, 4) is 0 Å². The number of carbonyl (C=O) groups excluding carboxylic acids is 1. The fourth-order valence-electron chi connectivity index (χ4n) is 2.92. The number of likely N-dealkylation sites (tertiary alicyclic amines) is 1. The summed E-state index contributed by atoms with van der Waals surface area (Å²) in [5.41, 5.74) is 2.14. The van der Waals surface area contributed by atoms with Gasteiger partial charge in [-0.25, -0.2) is 0 Å². The summed E-state index contributed by atoms with van der Waals surface area (Å²) in [6, 6.07) is 8.06. The minimum absolute atomic E-state index is 0.186. The van der Waals surface area contributed by atoms with Crippen LogP contribution in [0, 0.1) is 5.92 Å². The Morgan fingerprint density at radius 3 is 2.80 bits per heavy atom. The van der Waals surface area contributed by atoms with E-state index in [1.165, 1.54) is 0 Å². The standard InChI is InChI=1S/C16H20N2O2/c19-11-12-5-7-18(8-6-12)16(20)9-13-10-17-15-4-2-1-3-14(13)15/h1-4,10,12,17,19H,5-9,11H2. The van der Waals surface area contributed by atoms with Gasteiger partial charge in [-0.1, -0.05) is 18.2 Å². The number of para-hydroxylation sites is 1. The molecule has 1 aliphatic rings. The molecule has 1 amide bonds. The molecule has 2 heterocycles. The van der Waals surface area contributed by atoms with Crippen LogP contribution >= 0.6 is 0 Å². The number of aliphatic hydroxyl groups is 1. The van der Waals surface area contributed by atoms with E-state index < -0.39 is 0 Å². The van der Waals surface area contributed by atoms with E-state index in [0.29, 0.717) is 12.3 Å². The van der Waals surface area contributed by atoms with Crippen molar-refractivity contribution in [1.82, 2.24) is 9.88 Å². The molecule has 1 aromatic carbocycles. The normalized spacial score (nSPS) is 16.8. The van der Waals surface area contributed by atoms with Gasteiger partial charge in [0.15, 0.2) is 0 Å². The first kappa shape index (κ1) is 13.2. The van der Waals surface area contributed by atoms with Crippen LogP contribution in [0.15, 0.2) is 30.5 Å². The first-order chi connectivity index (χ1) is 9.78. The van der Waals surface area contributed by atoms with Crippen LogP contribution in [-0.4, -0.2) is 40.6 Å². The van der Waals surface area contributed by atoms with E-state index in [1.54, 1.807) is 0 Å². The number of piperidine rings is 1. The maximum Gasteiger partial charge on any atom is 0.227 e. The van der Waals surface area contributed by atoms with Gasteiger partial charge < -0.3 is 15.0 Å². The van der Waals surface area contributed by atoms with Crippen LogP contribution < -0.4 is 0 Å². The van der Waals surface area contributed by atoms with E-state index in [-0.39, 0.29) is 12.5 Å². The fraction of sp³-hybridized carbons (Fsp3) is 0.438. The number of fused-ring (bicyclic) bond motifs is 1. The zero-order valence-electron chi connectivity index (χ0n) is 11.5. The van der Waals surface area contributed by atoms with Gasteiger partial charge in [-0.05, 0) is 30.4 Å². The second kappa shape index (κ2) is 5.67. The van der Waals surface area contributed by atoms with Crippen molar-refractivity contribution >= 4 is 16.8 Å². The maximum atomic E-state index is 12.4. The summed E-state index contributed by atoms with van der Waals surface area (Å²) < 4.78 is 0. The second-order valence-corrected chi connectivity index (χ2v) is 5.54. The molecule has 0 saturated carbocycles. The molecule has 20 heavy (non-hydrogen) atoms. The Morgan fingerprint density at radius 2 is 2.05 bits per heavy atom. The lowest BCUT2D eigenvalue weighted by Gasteiger charge is -2.31. The molecule has 2 aromatic rings. The van der Waals surface area contributed by atoms with E-state index in [9.17, 15) is 4.79 Å². The van der Waals surface area contributed by atoms with E-state index in [4.69, 9.17) is 5.11 Å². The van der Waals surface area contributed by atoms with Gasteiger partial charge in [-0.2, -0.15) is 0 Å². The number of amides is 1. The number of H-pyrrole nitrogens is 1. The summed E-state index contributed by atoms with van der Waals surface area (Å²) in [7, 11) is 0. The predicted molar refractivity (Wildman–Crippen MR) is 78.4 cm³/mol. The van der Waals surface area contributed by atoms with Gasteiger partial charge in [0, 0.05) is 36.8 Å². The van der Waals surface area contributed by atoms with E-state index >= 15 is 0 Å². The number of hydrogen-bond acceptors (Lipinski definition) is 2. The molecule has 0 radical (unpaired) electrons. The average molecular weight is 272 g/mol. The summed E-state index contributed by atoms with van der Waals surface area (Å²) in [6.45, 7) is 1.78. The topological polar surface area (TPSA) is 56.3 Å². The number of aromatic nitrogens is 1. The zero-order valence-corrected chi connectivity index (χ0v) is 11.5. The van der Waals surface area contributed by atoms with Crippen LogP contribution in [-0.2, 0) is 11.2 Å². The molecule has 106 valence electrons. The first-order valence-electron chi connectivity index (χ1n) is 7.21. The highest BCUT2D eigenvalue weighted by Gasteiger charge is 2.22. The van der Waals surface area contributed by atoms with E-state index in [0.717, 1.165) is 42.4 Å². The SMILES string of the molecule is O=C(Cc1c[nH]c2ccccc12)N1CCC(CO)CC1. The van der Waals surface area contributed by atoms with Crippen LogP contribution in [0.1, 0.15) is 18.4 Å². The Balaban J connectivity index is 1.67. The predicted octanol–water partition coefficient (Wildman–Crippen LogP) is 1.94.